The Labute approximate surface area is 122 Å². The summed E-state index contributed by atoms with van der Waals surface area (Å²) in [5.41, 5.74) is 8.40. The molecule has 4 heteroatoms. The first-order chi connectivity index (χ1) is 9.79. The third-order valence-electron chi connectivity index (χ3n) is 4.84. The van der Waals surface area contributed by atoms with Gasteiger partial charge in [-0.25, -0.2) is 4.98 Å². The summed E-state index contributed by atoms with van der Waals surface area (Å²) in [6, 6.07) is 2.77. The lowest BCUT2D eigenvalue weighted by atomic mass is 10.1. The van der Waals surface area contributed by atoms with Gasteiger partial charge in [0.05, 0.1) is 0 Å². The summed E-state index contributed by atoms with van der Waals surface area (Å²) in [7, 11) is 0. The Bertz CT molecular complexity index is 454. The largest absolute Gasteiger partial charge is 0.355 e. The number of hydrogen-bond donors (Lipinski definition) is 1. The highest BCUT2D eigenvalue weighted by Crippen LogP contribution is 2.27. The Morgan fingerprint density at radius 1 is 1.25 bits per heavy atom. The van der Waals surface area contributed by atoms with Crippen molar-refractivity contribution in [3.63, 3.8) is 0 Å². The Kier molecular flexibility index (Phi) is 4.22. The van der Waals surface area contributed by atoms with E-state index in [1.54, 1.807) is 0 Å². The number of aryl methyl sites for hydroxylation is 1. The maximum absolute atomic E-state index is 5.92. The van der Waals surface area contributed by atoms with Gasteiger partial charge >= 0.3 is 0 Å². The van der Waals surface area contributed by atoms with Crippen LogP contribution in [0.4, 0.5) is 5.82 Å². The first-order valence-corrected chi connectivity index (χ1v) is 7.93. The molecule has 0 bridgehead atoms. The molecular formula is C16H26N4. The second kappa shape index (κ2) is 6.10. The normalized spacial score (nSPS) is 24.3. The van der Waals surface area contributed by atoms with E-state index in [2.05, 4.69) is 27.8 Å². The van der Waals surface area contributed by atoms with Crippen molar-refractivity contribution in [3.8, 4) is 0 Å². The first kappa shape index (κ1) is 13.8. The number of pyridine rings is 1. The summed E-state index contributed by atoms with van der Waals surface area (Å²) in [5.74, 6) is 1.12. The maximum Gasteiger partial charge on any atom is 0.133 e. The number of anilines is 1. The van der Waals surface area contributed by atoms with E-state index in [-0.39, 0.29) is 0 Å². The Morgan fingerprint density at radius 3 is 2.80 bits per heavy atom. The van der Waals surface area contributed by atoms with Gasteiger partial charge in [0, 0.05) is 37.4 Å². The van der Waals surface area contributed by atoms with Gasteiger partial charge in [-0.1, -0.05) is 6.42 Å². The van der Waals surface area contributed by atoms with Crippen LogP contribution >= 0.6 is 0 Å². The van der Waals surface area contributed by atoms with Crippen molar-refractivity contribution in [2.75, 3.05) is 31.1 Å². The van der Waals surface area contributed by atoms with E-state index in [4.69, 9.17) is 5.73 Å². The van der Waals surface area contributed by atoms with Crippen LogP contribution in [-0.2, 0) is 6.54 Å². The van der Waals surface area contributed by atoms with Crippen LogP contribution in [0, 0.1) is 6.92 Å². The van der Waals surface area contributed by atoms with Crippen LogP contribution in [0.1, 0.15) is 36.8 Å². The van der Waals surface area contributed by atoms with Gasteiger partial charge in [-0.15, -0.1) is 0 Å². The molecule has 0 saturated carbocycles. The van der Waals surface area contributed by atoms with Gasteiger partial charge in [-0.2, -0.15) is 0 Å². The minimum atomic E-state index is 0.583. The number of piperidine rings is 1. The Morgan fingerprint density at radius 2 is 2.05 bits per heavy atom. The van der Waals surface area contributed by atoms with E-state index >= 15 is 0 Å². The number of aromatic nitrogens is 1. The van der Waals surface area contributed by atoms with Gasteiger partial charge in [-0.05, 0) is 50.9 Å². The molecular weight excluding hydrogens is 248 g/mol. The quantitative estimate of drug-likeness (QED) is 0.914. The van der Waals surface area contributed by atoms with Crippen molar-refractivity contribution >= 4 is 5.82 Å². The predicted octanol–water partition coefficient (Wildman–Crippen LogP) is 1.91. The fourth-order valence-electron chi connectivity index (χ4n) is 3.62. The molecule has 0 radical (unpaired) electrons. The van der Waals surface area contributed by atoms with Crippen LogP contribution < -0.4 is 10.6 Å². The third-order valence-corrected chi connectivity index (χ3v) is 4.84. The molecule has 1 atom stereocenters. The fraction of sp³-hybridized carbons (Fsp3) is 0.688. The van der Waals surface area contributed by atoms with Crippen LogP contribution in [0.15, 0.2) is 12.3 Å². The van der Waals surface area contributed by atoms with Gasteiger partial charge in [0.2, 0.25) is 0 Å². The molecule has 1 aromatic rings. The van der Waals surface area contributed by atoms with Crippen LogP contribution in [0.3, 0.4) is 0 Å². The number of nitrogens with zero attached hydrogens (tertiary/aromatic N) is 3. The molecule has 0 aliphatic carbocycles. The highest BCUT2D eigenvalue weighted by atomic mass is 15.3. The summed E-state index contributed by atoms with van der Waals surface area (Å²) in [6.07, 6.45) is 7.32. The molecule has 2 saturated heterocycles. The van der Waals surface area contributed by atoms with E-state index in [0.717, 1.165) is 18.9 Å². The average molecular weight is 274 g/mol. The van der Waals surface area contributed by atoms with Crippen molar-refractivity contribution in [3.05, 3.63) is 23.4 Å². The van der Waals surface area contributed by atoms with Crippen molar-refractivity contribution in [1.82, 2.24) is 9.88 Å². The Balaban J connectivity index is 1.72. The lowest BCUT2D eigenvalue weighted by Gasteiger charge is -2.32. The topological polar surface area (TPSA) is 45.4 Å². The third kappa shape index (κ3) is 2.67. The summed E-state index contributed by atoms with van der Waals surface area (Å²) in [4.78, 5) is 9.72. The van der Waals surface area contributed by atoms with Gasteiger partial charge in [0.1, 0.15) is 5.82 Å². The summed E-state index contributed by atoms with van der Waals surface area (Å²) >= 11 is 0. The second-order valence-corrected chi connectivity index (χ2v) is 6.12. The van der Waals surface area contributed by atoms with Gasteiger partial charge in [0.15, 0.2) is 0 Å². The number of likely N-dealkylation sites (tertiary alicyclic amines) is 1. The molecule has 3 heterocycles. The zero-order valence-corrected chi connectivity index (χ0v) is 12.5. The Hall–Kier alpha value is -1.13. The molecule has 1 aromatic heterocycles. The highest BCUT2D eigenvalue weighted by molar-refractivity contribution is 5.51. The number of nitrogens with two attached hydrogens (primary N) is 1. The maximum atomic E-state index is 5.92. The molecule has 110 valence electrons. The second-order valence-electron chi connectivity index (χ2n) is 6.12. The molecule has 2 fully saturated rings. The van der Waals surface area contributed by atoms with Gasteiger partial charge in [-0.3, -0.25) is 4.90 Å². The standard InChI is InChI=1S/C16H26N4/c1-13-5-7-18-16(15(13)11-17)20-10-6-14(12-20)19-8-3-2-4-9-19/h5,7,14H,2-4,6,8-12,17H2,1H3. The van der Waals surface area contributed by atoms with Gasteiger partial charge in [0.25, 0.3) is 0 Å². The van der Waals surface area contributed by atoms with Crippen molar-refractivity contribution in [2.45, 2.75) is 45.2 Å². The molecule has 3 rings (SSSR count). The molecule has 2 aliphatic rings. The highest BCUT2D eigenvalue weighted by Gasteiger charge is 2.30. The van der Waals surface area contributed by atoms with E-state index in [0.29, 0.717) is 12.6 Å². The van der Waals surface area contributed by atoms with Gasteiger partial charge < -0.3 is 10.6 Å². The fourth-order valence-corrected chi connectivity index (χ4v) is 3.62. The van der Waals surface area contributed by atoms with Crippen molar-refractivity contribution in [2.24, 2.45) is 5.73 Å². The van der Waals surface area contributed by atoms with E-state index in [9.17, 15) is 0 Å². The molecule has 0 spiro atoms. The summed E-state index contributed by atoms with van der Waals surface area (Å²) in [6.45, 7) is 7.51. The minimum Gasteiger partial charge on any atom is -0.355 e. The van der Waals surface area contributed by atoms with Crippen LogP contribution in [0.2, 0.25) is 0 Å². The number of rotatable bonds is 3. The van der Waals surface area contributed by atoms with Crippen LogP contribution in [0.5, 0.6) is 0 Å². The lowest BCUT2D eigenvalue weighted by Crippen LogP contribution is -2.41. The summed E-state index contributed by atoms with van der Waals surface area (Å²) in [5, 5.41) is 0. The monoisotopic (exact) mass is 274 g/mol. The molecule has 2 aliphatic heterocycles. The molecule has 1 unspecified atom stereocenters. The molecule has 20 heavy (non-hydrogen) atoms. The smallest absolute Gasteiger partial charge is 0.133 e. The molecule has 0 aromatic carbocycles. The molecule has 4 nitrogen and oxygen atoms in total. The number of hydrogen-bond acceptors (Lipinski definition) is 4. The molecule has 0 amide bonds. The SMILES string of the molecule is Cc1ccnc(N2CCC(N3CCCCC3)C2)c1CN. The average Bonchev–Trinajstić information content (AvgIpc) is 2.97. The summed E-state index contributed by atoms with van der Waals surface area (Å²) < 4.78 is 0. The van der Waals surface area contributed by atoms with Crippen LogP contribution in [0.25, 0.3) is 0 Å². The van der Waals surface area contributed by atoms with E-state index in [1.165, 1.54) is 49.9 Å². The zero-order chi connectivity index (χ0) is 13.9. The zero-order valence-electron chi connectivity index (χ0n) is 12.5. The predicted molar refractivity (Wildman–Crippen MR) is 82.9 cm³/mol. The van der Waals surface area contributed by atoms with Crippen LogP contribution in [-0.4, -0.2) is 42.1 Å². The van der Waals surface area contributed by atoms with E-state index in [1.807, 2.05) is 6.20 Å². The lowest BCUT2D eigenvalue weighted by molar-refractivity contribution is 0.174. The van der Waals surface area contributed by atoms with E-state index < -0.39 is 0 Å². The van der Waals surface area contributed by atoms with Crippen molar-refractivity contribution < 1.29 is 0 Å². The minimum absolute atomic E-state index is 0.583. The molecule has 2 N–H and O–H groups in total. The van der Waals surface area contributed by atoms with Crippen molar-refractivity contribution in [1.29, 1.82) is 0 Å². The first-order valence-electron chi connectivity index (χ1n) is 7.93.